The van der Waals surface area contributed by atoms with Crippen LogP contribution in [0.4, 0.5) is 28.4 Å². The van der Waals surface area contributed by atoms with Crippen molar-refractivity contribution in [2.45, 2.75) is 23.0 Å². The second kappa shape index (κ2) is 28.9. The molecule has 0 saturated carbocycles. The van der Waals surface area contributed by atoms with Crippen LogP contribution in [0.2, 0.25) is 0 Å². The molecule has 0 fully saturated rings. The molecular formula is C102H66N8O2S. The normalized spacial score (nSPS) is 15.9. The van der Waals surface area contributed by atoms with Crippen LogP contribution in [0.3, 0.4) is 0 Å². The van der Waals surface area contributed by atoms with Gasteiger partial charge >= 0.3 is 12.0 Å². The van der Waals surface area contributed by atoms with Gasteiger partial charge in [-0.25, -0.2) is 24.7 Å². The van der Waals surface area contributed by atoms with Crippen molar-refractivity contribution in [3.63, 3.8) is 0 Å². The Morgan fingerprint density at radius 3 is 1.09 bits per heavy atom. The standard InChI is InChI=1S/C36H24N2O.C33H21N3O.C33H21N3S/c1-3-11-24(12-4-1)32-23-34(25-13-5-2-6-14-25)38-33-20-19-27(22-35(33)39-36(38)37-32)31-21-26-15-7-8-16-28(26)29-17-9-10-18-30(29)31;2*1-34-28-18-17-25(26-14-8-9-15-27(26)28)24-16-19-30-32(20-24)37-33-35-29(22-10-4-2-5-11-22)21-31(36(30)33)23-12-6-3-7-13-23/h1-23,32H;2*2-21,29H. The minimum Gasteiger partial charge on any atom is -0.423 e. The smallest absolute Gasteiger partial charge is 0.303 e. The fraction of sp³-hybridized carbons (Fsp3) is 0.0294. The Labute approximate surface area is 658 Å². The highest BCUT2D eigenvalue weighted by Crippen LogP contribution is 2.53. The lowest BCUT2D eigenvalue weighted by atomic mass is 9.93. The number of hydrogen-bond donors (Lipinski definition) is 0. The summed E-state index contributed by atoms with van der Waals surface area (Å²) in [6.07, 6.45) is 6.71. The highest BCUT2D eigenvalue weighted by Gasteiger charge is 2.39. The predicted molar refractivity (Wildman–Crippen MR) is 466 cm³/mol. The first-order valence-electron chi connectivity index (χ1n) is 37.7. The molecule has 16 aromatic rings. The Bertz CT molecular complexity index is 6500. The summed E-state index contributed by atoms with van der Waals surface area (Å²) < 4.78 is 12.9. The number of aliphatic imine (C=N–C) groups is 3. The van der Waals surface area contributed by atoms with Crippen molar-refractivity contribution >= 4 is 118 Å². The lowest BCUT2D eigenvalue weighted by Gasteiger charge is -2.29. The maximum atomic E-state index is 7.56. The molecule has 6 aliphatic rings. The number of fused-ring (bicyclic) bond motifs is 14. The largest absolute Gasteiger partial charge is 0.423 e. The lowest BCUT2D eigenvalue weighted by molar-refractivity contribution is 0.556. The number of thioether (sulfide) groups is 1. The fourth-order valence-corrected chi connectivity index (χ4v) is 17.3. The quantitative estimate of drug-likeness (QED) is 0.106. The van der Waals surface area contributed by atoms with Crippen LogP contribution in [0.15, 0.2) is 402 Å². The van der Waals surface area contributed by atoms with Gasteiger partial charge in [-0.2, -0.15) is 0 Å². The monoisotopic (exact) mass is 1470 g/mol. The second-order valence-electron chi connectivity index (χ2n) is 28.2. The zero-order chi connectivity index (χ0) is 75.3. The highest BCUT2D eigenvalue weighted by molar-refractivity contribution is 8.14. The van der Waals surface area contributed by atoms with Crippen molar-refractivity contribution in [3.8, 4) is 44.9 Å². The summed E-state index contributed by atoms with van der Waals surface area (Å²) >= 11 is 1.73. The topological polar surface area (TPSA) is 74.0 Å². The molecule has 0 N–H and O–H groups in total. The average molecular weight is 1470 g/mol. The van der Waals surface area contributed by atoms with E-state index in [4.69, 9.17) is 37.6 Å². The number of nitrogens with zero attached hydrogens (tertiary/aromatic N) is 8. The molecule has 0 aromatic heterocycles. The summed E-state index contributed by atoms with van der Waals surface area (Å²) in [7, 11) is 0. The van der Waals surface area contributed by atoms with E-state index >= 15 is 0 Å². The van der Waals surface area contributed by atoms with Crippen molar-refractivity contribution < 1.29 is 9.47 Å². The zero-order valence-corrected chi connectivity index (χ0v) is 61.7. The summed E-state index contributed by atoms with van der Waals surface area (Å²) in [4.78, 5) is 30.4. The molecule has 3 unspecified atom stereocenters. The van der Waals surface area contributed by atoms with Crippen LogP contribution in [-0.2, 0) is 0 Å². The first-order valence-corrected chi connectivity index (χ1v) is 38.5. The maximum Gasteiger partial charge on any atom is 0.303 e. The van der Waals surface area contributed by atoms with Crippen molar-refractivity contribution in [1.29, 1.82) is 0 Å². The van der Waals surface area contributed by atoms with E-state index in [0.717, 1.165) is 122 Å². The van der Waals surface area contributed by atoms with Gasteiger partial charge in [0.25, 0.3) is 0 Å². The molecule has 16 aromatic carbocycles. The van der Waals surface area contributed by atoms with E-state index < -0.39 is 0 Å². The number of anilines is 3. The van der Waals surface area contributed by atoms with Crippen LogP contribution in [0.25, 0.3) is 103 Å². The Morgan fingerprint density at radius 1 is 0.283 bits per heavy atom. The van der Waals surface area contributed by atoms with E-state index in [1.54, 1.807) is 11.8 Å². The zero-order valence-electron chi connectivity index (χ0n) is 60.9. The Balaban J connectivity index is 0.000000110. The highest BCUT2D eigenvalue weighted by atomic mass is 32.2. The van der Waals surface area contributed by atoms with E-state index in [1.807, 2.05) is 97.1 Å². The summed E-state index contributed by atoms with van der Waals surface area (Å²) in [6.45, 7) is 15.1. The van der Waals surface area contributed by atoms with Crippen molar-refractivity contribution in [1.82, 2.24) is 0 Å². The van der Waals surface area contributed by atoms with Gasteiger partial charge in [-0.3, -0.25) is 14.7 Å². The number of amidine groups is 3. The van der Waals surface area contributed by atoms with E-state index in [-0.39, 0.29) is 18.1 Å². The third-order valence-corrected chi connectivity index (χ3v) is 22.6. The molecule has 0 radical (unpaired) electrons. The van der Waals surface area contributed by atoms with Gasteiger partial charge in [0, 0.05) is 4.90 Å². The van der Waals surface area contributed by atoms with E-state index in [0.29, 0.717) is 23.4 Å². The van der Waals surface area contributed by atoms with E-state index in [1.165, 1.54) is 43.1 Å². The SMILES string of the molecule is C1=C(c2ccccc2)N2C(=NC1c1ccccc1)Oc1cc(-c3cc4ccccc4c4ccccc34)ccc12.[C-]#[N+]c1ccc(-c2ccc3c(c2)OC2=NC(c4ccccc4)C=C(c4ccccc4)N23)c2ccccc12.[C-]#[N+]c1ccc(-c2ccc3c(c2)SC2=NC(c4ccccc4)C=C(c4ccccc4)N23)c2ccccc12. The molecule has 10 nitrogen and oxygen atoms in total. The predicted octanol–water partition coefficient (Wildman–Crippen LogP) is 26.5. The summed E-state index contributed by atoms with van der Waals surface area (Å²) in [5, 5.41) is 10.1. The van der Waals surface area contributed by atoms with Crippen LogP contribution in [0.5, 0.6) is 11.5 Å². The van der Waals surface area contributed by atoms with Gasteiger partial charge in [-0.05, 0) is 182 Å². The molecule has 3 atom stereocenters. The molecule has 0 bridgehead atoms. The third-order valence-electron chi connectivity index (χ3n) is 21.6. The lowest BCUT2D eigenvalue weighted by Crippen LogP contribution is -2.31. The van der Waals surface area contributed by atoms with Crippen LogP contribution in [0.1, 0.15) is 51.5 Å². The number of benzene rings is 16. The molecule has 22 rings (SSSR count). The third kappa shape index (κ3) is 12.4. The van der Waals surface area contributed by atoms with Gasteiger partial charge in [0.1, 0.15) is 12.1 Å². The first-order chi connectivity index (χ1) is 55.9. The van der Waals surface area contributed by atoms with E-state index in [9.17, 15) is 0 Å². The molecule has 0 saturated heterocycles. The molecule has 532 valence electrons. The number of rotatable bonds is 9. The Morgan fingerprint density at radius 2 is 0.637 bits per heavy atom. The van der Waals surface area contributed by atoms with Gasteiger partial charge in [0.15, 0.2) is 28.0 Å². The van der Waals surface area contributed by atoms with Crippen molar-refractivity contribution in [2.75, 3.05) is 14.7 Å². The average Bonchev–Trinajstić information content (AvgIpc) is 1.62. The molecule has 6 aliphatic heterocycles. The minimum atomic E-state index is -0.137. The molecule has 0 spiro atoms. The van der Waals surface area contributed by atoms with Gasteiger partial charge < -0.3 is 9.47 Å². The number of ether oxygens (including phenoxy) is 2. The molecular weight excluding hydrogens is 1400 g/mol. The van der Waals surface area contributed by atoms with Gasteiger partial charge in [-0.15, -0.1) is 0 Å². The van der Waals surface area contributed by atoms with E-state index in [2.05, 4.69) is 310 Å². The van der Waals surface area contributed by atoms with Crippen LogP contribution >= 0.6 is 11.8 Å². The summed E-state index contributed by atoms with van der Waals surface area (Å²) in [5.74, 6) is 1.59. The van der Waals surface area contributed by atoms with Gasteiger partial charge in [0.05, 0.1) is 53.3 Å². The fourth-order valence-electron chi connectivity index (χ4n) is 16.2. The van der Waals surface area contributed by atoms with Crippen LogP contribution in [-0.4, -0.2) is 17.2 Å². The summed E-state index contributed by atoms with van der Waals surface area (Å²) in [6, 6.07) is 127. The van der Waals surface area contributed by atoms with Gasteiger partial charge in [-0.1, -0.05) is 322 Å². The van der Waals surface area contributed by atoms with Crippen LogP contribution < -0.4 is 24.2 Å². The minimum absolute atomic E-state index is 0.0333. The summed E-state index contributed by atoms with van der Waals surface area (Å²) in [5.41, 5.74) is 21.3. The second-order valence-corrected chi connectivity index (χ2v) is 29.2. The molecule has 0 aliphatic carbocycles. The van der Waals surface area contributed by atoms with Crippen LogP contribution in [0, 0.1) is 13.1 Å². The molecule has 113 heavy (non-hydrogen) atoms. The maximum absolute atomic E-state index is 7.56. The molecule has 11 heteroatoms. The van der Waals surface area contributed by atoms with Gasteiger partial charge in [0.2, 0.25) is 0 Å². The molecule has 0 amide bonds. The number of hydrogen-bond acceptors (Lipinski definition) is 9. The first kappa shape index (κ1) is 67.5. The van der Waals surface area contributed by atoms with Crippen molar-refractivity contribution in [2.24, 2.45) is 15.0 Å². The Kier molecular flexibility index (Phi) is 17.3. The molecule has 6 heterocycles. The van der Waals surface area contributed by atoms with Crippen molar-refractivity contribution in [3.05, 3.63) is 438 Å². The Hall–Kier alpha value is -14.9.